The summed E-state index contributed by atoms with van der Waals surface area (Å²) >= 11 is 1.54. The molecular formula is C12H11N3OS. The molecule has 0 amide bonds. The Morgan fingerprint density at radius 1 is 1.47 bits per heavy atom. The Morgan fingerprint density at radius 3 is 2.88 bits per heavy atom. The van der Waals surface area contributed by atoms with Crippen LogP contribution in [0.15, 0.2) is 27.8 Å². The number of rotatable bonds is 3. The maximum atomic E-state index is 9.08. The molecule has 2 aromatic heterocycles. The molecule has 4 nitrogen and oxygen atoms in total. The monoisotopic (exact) mass is 245 g/mol. The minimum absolute atomic E-state index is 0.530. The van der Waals surface area contributed by atoms with E-state index in [1.54, 1.807) is 18.4 Å². The van der Waals surface area contributed by atoms with Gasteiger partial charge in [0.25, 0.3) is 0 Å². The smallest absolute Gasteiger partial charge is 0.197 e. The molecule has 0 N–H and O–H groups in total. The Kier molecular flexibility index (Phi) is 3.45. The zero-order valence-corrected chi connectivity index (χ0v) is 10.4. The first-order valence-corrected chi connectivity index (χ1v) is 6.20. The Labute approximate surface area is 104 Å². The van der Waals surface area contributed by atoms with Crippen LogP contribution in [0.1, 0.15) is 18.2 Å². The summed E-state index contributed by atoms with van der Waals surface area (Å²) in [5.41, 5.74) is 1.23. The van der Waals surface area contributed by atoms with Gasteiger partial charge in [-0.15, -0.1) is 11.8 Å². The van der Waals surface area contributed by atoms with Crippen LogP contribution in [0, 0.1) is 18.3 Å². The molecule has 0 atom stereocenters. The number of hydrogen-bond donors (Lipinski definition) is 0. The third kappa shape index (κ3) is 2.32. The second kappa shape index (κ2) is 5.02. The van der Waals surface area contributed by atoms with Crippen molar-refractivity contribution in [2.24, 2.45) is 0 Å². The van der Waals surface area contributed by atoms with Gasteiger partial charge >= 0.3 is 0 Å². The lowest BCUT2D eigenvalue weighted by atomic mass is 10.2. The number of nitrogens with zero attached hydrogens (tertiary/aromatic N) is 3. The van der Waals surface area contributed by atoms with Gasteiger partial charge in [0.15, 0.2) is 11.6 Å². The van der Waals surface area contributed by atoms with E-state index < -0.39 is 0 Å². The minimum atomic E-state index is 0.530. The summed E-state index contributed by atoms with van der Waals surface area (Å²) in [6.07, 6.45) is 1.58. The first-order valence-electron chi connectivity index (χ1n) is 5.21. The van der Waals surface area contributed by atoms with E-state index in [-0.39, 0.29) is 0 Å². The van der Waals surface area contributed by atoms with Gasteiger partial charge in [0.2, 0.25) is 0 Å². The summed E-state index contributed by atoms with van der Waals surface area (Å²) in [6.45, 7) is 3.84. The summed E-state index contributed by atoms with van der Waals surface area (Å²) in [4.78, 5) is 8.66. The van der Waals surface area contributed by atoms with E-state index in [2.05, 4.69) is 16.0 Å². The molecular weight excluding hydrogens is 234 g/mol. The molecule has 0 aliphatic rings. The normalized spacial score (nSPS) is 10.2. The molecule has 0 radical (unpaired) electrons. The summed E-state index contributed by atoms with van der Waals surface area (Å²) in [7, 11) is 0. The molecule has 2 rings (SSSR count). The van der Waals surface area contributed by atoms with Crippen LogP contribution in [0.2, 0.25) is 0 Å². The van der Waals surface area contributed by atoms with Crippen molar-refractivity contribution in [3.05, 3.63) is 29.7 Å². The predicted octanol–water partition coefficient (Wildman–Crippen LogP) is 3.03. The molecule has 17 heavy (non-hydrogen) atoms. The topological polar surface area (TPSA) is 62.7 Å². The fraction of sp³-hybridized carbons (Fsp3) is 0.250. The van der Waals surface area contributed by atoms with Gasteiger partial charge in [-0.05, 0) is 24.8 Å². The van der Waals surface area contributed by atoms with E-state index in [1.807, 2.05) is 13.8 Å². The van der Waals surface area contributed by atoms with Crippen molar-refractivity contribution in [3.8, 4) is 17.7 Å². The molecule has 0 aliphatic carbocycles. The van der Waals surface area contributed by atoms with E-state index in [9.17, 15) is 0 Å². The molecule has 0 bridgehead atoms. The van der Waals surface area contributed by atoms with Crippen molar-refractivity contribution < 1.29 is 4.42 Å². The SMILES string of the molecule is CCSc1nc(-c2ccco2)nc(C)c1C#N. The molecule has 0 saturated heterocycles. The molecule has 5 heteroatoms. The zero-order valence-electron chi connectivity index (χ0n) is 9.60. The second-order valence-corrected chi connectivity index (χ2v) is 4.59. The van der Waals surface area contributed by atoms with Gasteiger partial charge in [-0.1, -0.05) is 6.92 Å². The van der Waals surface area contributed by atoms with Gasteiger partial charge in [-0.2, -0.15) is 5.26 Å². The quantitative estimate of drug-likeness (QED) is 0.614. The van der Waals surface area contributed by atoms with Gasteiger partial charge in [0, 0.05) is 0 Å². The molecule has 86 valence electrons. The average Bonchev–Trinajstić information content (AvgIpc) is 2.82. The van der Waals surface area contributed by atoms with Crippen molar-refractivity contribution in [1.29, 1.82) is 5.26 Å². The van der Waals surface area contributed by atoms with E-state index in [1.165, 1.54) is 11.8 Å². The molecule has 2 heterocycles. The molecule has 2 aromatic rings. The fourth-order valence-corrected chi connectivity index (χ4v) is 2.19. The molecule has 0 aliphatic heterocycles. The van der Waals surface area contributed by atoms with Crippen molar-refractivity contribution in [2.45, 2.75) is 18.9 Å². The van der Waals surface area contributed by atoms with Crippen LogP contribution in [-0.4, -0.2) is 15.7 Å². The molecule has 0 unspecified atom stereocenters. The Balaban J connectivity index is 2.55. The minimum Gasteiger partial charge on any atom is -0.461 e. The van der Waals surface area contributed by atoms with Gasteiger partial charge < -0.3 is 4.42 Å². The van der Waals surface area contributed by atoms with Gasteiger partial charge in [-0.25, -0.2) is 9.97 Å². The maximum absolute atomic E-state index is 9.08. The lowest BCUT2D eigenvalue weighted by Gasteiger charge is -2.05. The van der Waals surface area contributed by atoms with Crippen LogP contribution in [0.5, 0.6) is 0 Å². The second-order valence-electron chi connectivity index (χ2n) is 3.33. The van der Waals surface area contributed by atoms with Gasteiger partial charge in [-0.3, -0.25) is 0 Å². The summed E-state index contributed by atoms with van der Waals surface area (Å²) in [6, 6.07) is 5.74. The van der Waals surface area contributed by atoms with E-state index in [0.29, 0.717) is 27.9 Å². The summed E-state index contributed by atoms with van der Waals surface area (Å²) in [5, 5.41) is 9.80. The van der Waals surface area contributed by atoms with Crippen LogP contribution in [0.4, 0.5) is 0 Å². The first kappa shape index (κ1) is 11.7. The van der Waals surface area contributed by atoms with E-state index in [0.717, 1.165) is 5.75 Å². The van der Waals surface area contributed by atoms with Crippen molar-refractivity contribution in [3.63, 3.8) is 0 Å². The molecule has 0 fully saturated rings. The lowest BCUT2D eigenvalue weighted by Crippen LogP contribution is -1.99. The molecule has 0 spiro atoms. The zero-order chi connectivity index (χ0) is 12.3. The molecule has 0 saturated carbocycles. The van der Waals surface area contributed by atoms with Crippen molar-refractivity contribution in [1.82, 2.24) is 9.97 Å². The third-order valence-electron chi connectivity index (χ3n) is 2.19. The van der Waals surface area contributed by atoms with E-state index in [4.69, 9.17) is 9.68 Å². The number of furan rings is 1. The van der Waals surface area contributed by atoms with Gasteiger partial charge in [0.05, 0.1) is 12.0 Å². The number of aromatic nitrogens is 2. The average molecular weight is 245 g/mol. The van der Waals surface area contributed by atoms with Crippen LogP contribution >= 0.6 is 11.8 Å². The Bertz CT molecular complexity index is 558. The highest BCUT2D eigenvalue weighted by Gasteiger charge is 2.13. The predicted molar refractivity (Wildman–Crippen MR) is 65.6 cm³/mol. The van der Waals surface area contributed by atoms with Gasteiger partial charge in [0.1, 0.15) is 16.7 Å². The highest BCUT2D eigenvalue weighted by molar-refractivity contribution is 7.99. The van der Waals surface area contributed by atoms with Crippen LogP contribution in [0.25, 0.3) is 11.6 Å². The summed E-state index contributed by atoms with van der Waals surface area (Å²) < 4.78 is 5.26. The highest BCUT2D eigenvalue weighted by atomic mass is 32.2. The Morgan fingerprint density at radius 2 is 2.29 bits per heavy atom. The number of nitriles is 1. The fourth-order valence-electron chi connectivity index (χ4n) is 1.43. The third-order valence-corrected chi connectivity index (χ3v) is 3.05. The lowest BCUT2D eigenvalue weighted by molar-refractivity contribution is 0.576. The highest BCUT2D eigenvalue weighted by Crippen LogP contribution is 2.25. The number of aryl methyl sites for hydroxylation is 1. The Hall–Kier alpha value is -1.80. The van der Waals surface area contributed by atoms with Crippen molar-refractivity contribution in [2.75, 3.05) is 5.75 Å². The maximum Gasteiger partial charge on any atom is 0.197 e. The summed E-state index contributed by atoms with van der Waals surface area (Å²) in [5.74, 6) is 2.01. The van der Waals surface area contributed by atoms with E-state index >= 15 is 0 Å². The van der Waals surface area contributed by atoms with Crippen LogP contribution < -0.4 is 0 Å². The van der Waals surface area contributed by atoms with Crippen LogP contribution in [-0.2, 0) is 0 Å². The largest absolute Gasteiger partial charge is 0.461 e. The first-order chi connectivity index (χ1) is 8.26. The number of thioether (sulfide) groups is 1. The number of hydrogen-bond acceptors (Lipinski definition) is 5. The van der Waals surface area contributed by atoms with Crippen molar-refractivity contribution >= 4 is 11.8 Å². The molecule has 0 aromatic carbocycles. The standard InChI is InChI=1S/C12H11N3OS/c1-3-17-12-9(7-13)8(2)14-11(15-12)10-5-4-6-16-10/h4-6H,3H2,1-2H3. The van der Waals surface area contributed by atoms with Crippen LogP contribution in [0.3, 0.4) is 0 Å².